The van der Waals surface area contributed by atoms with E-state index in [4.69, 9.17) is 24.4 Å². The molecule has 0 N–H and O–H groups in total. The van der Waals surface area contributed by atoms with Gasteiger partial charge in [-0.05, 0) is 62.4 Å². The summed E-state index contributed by atoms with van der Waals surface area (Å²) in [6, 6.07) is 48.3. The number of hydrogen-bond acceptors (Lipinski definition) is 5. The van der Waals surface area contributed by atoms with E-state index < -0.39 is 0 Å². The number of aromatic nitrogens is 4. The molecule has 5 nitrogen and oxygen atoms in total. The van der Waals surface area contributed by atoms with Crippen LogP contribution in [0.3, 0.4) is 0 Å². The van der Waals surface area contributed by atoms with Crippen molar-refractivity contribution in [3.8, 4) is 67.7 Å². The summed E-state index contributed by atoms with van der Waals surface area (Å²) in [6.07, 6.45) is 1.75. The number of pyridine rings is 1. The van der Waals surface area contributed by atoms with Crippen LogP contribution in [0.15, 0.2) is 150 Å². The summed E-state index contributed by atoms with van der Waals surface area (Å²) in [5, 5.41) is 4.49. The highest BCUT2D eigenvalue weighted by Crippen LogP contribution is 2.48. The van der Waals surface area contributed by atoms with Crippen LogP contribution in [0.25, 0.3) is 100 Å². The number of furan rings is 1. The molecule has 0 bridgehead atoms. The molecule has 3 aromatic heterocycles. The number of para-hydroxylation sites is 1. The summed E-state index contributed by atoms with van der Waals surface area (Å²) < 4.78 is 6.15. The average molecular weight is 601 g/mol. The molecule has 0 radical (unpaired) electrons. The van der Waals surface area contributed by atoms with Crippen molar-refractivity contribution in [2.24, 2.45) is 0 Å². The van der Waals surface area contributed by atoms with Crippen LogP contribution in [-0.4, -0.2) is 19.9 Å². The second kappa shape index (κ2) is 10.0. The lowest BCUT2D eigenvalue weighted by Gasteiger charge is -2.10. The minimum absolute atomic E-state index is 0.502. The molecule has 0 spiro atoms. The third-order valence-electron chi connectivity index (χ3n) is 9.15. The van der Waals surface area contributed by atoms with Gasteiger partial charge in [-0.15, -0.1) is 0 Å². The Morgan fingerprint density at radius 1 is 0.404 bits per heavy atom. The van der Waals surface area contributed by atoms with Crippen molar-refractivity contribution in [1.29, 1.82) is 0 Å². The third kappa shape index (κ3) is 4.03. The van der Waals surface area contributed by atoms with E-state index in [0.717, 1.165) is 38.6 Å². The van der Waals surface area contributed by atoms with Crippen LogP contribution in [0.4, 0.5) is 0 Å². The molecule has 1 aliphatic rings. The van der Waals surface area contributed by atoms with Gasteiger partial charge in [0, 0.05) is 22.7 Å². The molecule has 5 heteroatoms. The van der Waals surface area contributed by atoms with E-state index in [9.17, 15) is 0 Å². The van der Waals surface area contributed by atoms with E-state index in [2.05, 4.69) is 78.9 Å². The molecule has 0 amide bonds. The predicted octanol–water partition coefficient (Wildman–Crippen LogP) is 10.6. The van der Waals surface area contributed by atoms with Gasteiger partial charge >= 0.3 is 0 Å². The Labute approximate surface area is 269 Å². The zero-order chi connectivity index (χ0) is 30.9. The summed E-state index contributed by atoms with van der Waals surface area (Å²) in [7, 11) is 0. The standard InChI is InChI=1S/C42H24N4O/c1-2-8-27(9-3-1)40-44-41(46-42(45-40)39-38-33-12-4-5-15-35(33)47-36(38)22-23-43-39)28-18-16-25(17-19-28)29-20-21-30-31-13-6-10-26-11-7-14-32(37(26)31)34(30)24-29/h1-24H. The summed E-state index contributed by atoms with van der Waals surface area (Å²) in [4.78, 5) is 19.7. The molecule has 9 aromatic rings. The first-order chi connectivity index (χ1) is 23.3. The molecular weight excluding hydrogens is 576 g/mol. The second-order valence-electron chi connectivity index (χ2n) is 11.9. The van der Waals surface area contributed by atoms with E-state index >= 15 is 0 Å². The van der Waals surface area contributed by atoms with E-state index in [0.29, 0.717) is 23.2 Å². The molecule has 6 aromatic carbocycles. The van der Waals surface area contributed by atoms with Crippen molar-refractivity contribution in [3.05, 3.63) is 146 Å². The summed E-state index contributed by atoms with van der Waals surface area (Å²) in [5.41, 5.74) is 11.5. The van der Waals surface area contributed by atoms with Gasteiger partial charge in [0.25, 0.3) is 0 Å². The highest BCUT2D eigenvalue weighted by atomic mass is 16.3. The zero-order valence-corrected chi connectivity index (χ0v) is 25.1. The minimum Gasteiger partial charge on any atom is -0.456 e. The van der Waals surface area contributed by atoms with Gasteiger partial charge in [-0.3, -0.25) is 4.98 Å². The maximum Gasteiger partial charge on any atom is 0.183 e. The minimum atomic E-state index is 0.502. The topological polar surface area (TPSA) is 64.7 Å². The molecule has 3 heterocycles. The van der Waals surface area contributed by atoms with Crippen molar-refractivity contribution in [1.82, 2.24) is 19.9 Å². The lowest BCUT2D eigenvalue weighted by atomic mass is 9.97. The fourth-order valence-corrected chi connectivity index (χ4v) is 6.95. The van der Waals surface area contributed by atoms with Gasteiger partial charge in [-0.1, -0.05) is 121 Å². The average Bonchev–Trinajstić information content (AvgIpc) is 3.69. The summed E-state index contributed by atoms with van der Waals surface area (Å²) >= 11 is 0. The van der Waals surface area contributed by atoms with Crippen molar-refractivity contribution >= 4 is 32.7 Å². The number of nitrogens with zero attached hydrogens (tertiary/aromatic N) is 4. The molecule has 0 atom stereocenters. The molecule has 0 saturated heterocycles. The Morgan fingerprint density at radius 2 is 1.06 bits per heavy atom. The number of fused-ring (bicyclic) bond motifs is 6. The quantitative estimate of drug-likeness (QED) is 0.201. The van der Waals surface area contributed by atoms with Crippen LogP contribution >= 0.6 is 0 Å². The summed E-state index contributed by atoms with van der Waals surface area (Å²) in [6.45, 7) is 0. The Balaban J connectivity index is 1.09. The smallest absolute Gasteiger partial charge is 0.183 e. The van der Waals surface area contributed by atoms with Crippen LogP contribution in [0.1, 0.15) is 0 Å². The van der Waals surface area contributed by atoms with Crippen LogP contribution in [0, 0.1) is 0 Å². The first-order valence-electron chi connectivity index (χ1n) is 15.6. The van der Waals surface area contributed by atoms with Crippen molar-refractivity contribution in [3.63, 3.8) is 0 Å². The van der Waals surface area contributed by atoms with Gasteiger partial charge in [-0.2, -0.15) is 0 Å². The van der Waals surface area contributed by atoms with Crippen LogP contribution < -0.4 is 0 Å². The van der Waals surface area contributed by atoms with Crippen LogP contribution in [0.5, 0.6) is 0 Å². The van der Waals surface area contributed by atoms with E-state index in [1.807, 2.05) is 60.7 Å². The largest absolute Gasteiger partial charge is 0.456 e. The molecule has 218 valence electrons. The highest BCUT2D eigenvalue weighted by molar-refractivity contribution is 6.15. The van der Waals surface area contributed by atoms with Gasteiger partial charge in [0.15, 0.2) is 17.5 Å². The fourth-order valence-electron chi connectivity index (χ4n) is 6.95. The lowest BCUT2D eigenvalue weighted by molar-refractivity contribution is 0.668. The van der Waals surface area contributed by atoms with Crippen LogP contribution in [-0.2, 0) is 0 Å². The third-order valence-corrected chi connectivity index (χ3v) is 9.15. The van der Waals surface area contributed by atoms with Gasteiger partial charge in [0.1, 0.15) is 16.9 Å². The van der Waals surface area contributed by atoms with Crippen molar-refractivity contribution in [2.45, 2.75) is 0 Å². The molecule has 0 aliphatic heterocycles. The normalized spacial score (nSPS) is 11.8. The highest BCUT2D eigenvalue weighted by Gasteiger charge is 2.22. The fraction of sp³-hybridized carbons (Fsp3) is 0. The van der Waals surface area contributed by atoms with Gasteiger partial charge in [0.2, 0.25) is 0 Å². The van der Waals surface area contributed by atoms with Gasteiger partial charge in [0.05, 0.1) is 5.39 Å². The monoisotopic (exact) mass is 600 g/mol. The molecule has 0 unspecified atom stereocenters. The maximum atomic E-state index is 6.15. The van der Waals surface area contributed by atoms with Crippen molar-refractivity contribution < 1.29 is 4.42 Å². The molecule has 10 rings (SSSR count). The molecule has 47 heavy (non-hydrogen) atoms. The summed E-state index contributed by atoms with van der Waals surface area (Å²) in [5.74, 6) is 1.68. The van der Waals surface area contributed by atoms with E-state index in [1.165, 1.54) is 38.6 Å². The van der Waals surface area contributed by atoms with Crippen molar-refractivity contribution in [2.75, 3.05) is 0 Å². The van der Waals surface area contributed by atoms with E-state index in [-0.39, 0.29) is 0 Å². The first kappa shape index (κ1) is 25.8. The number of rotatable bonds is 4. The first-order valence-corrected chi connectivity index (χ1v) is 15.6. The Morgan fingerprint density at radius 3 is 1.87 bits per heavy atom. The van der Waals surface area contributed by atoms with E-state index in [1.54, 1.807) is 6.20 Å². The molecule has 0 fully saturated rings. The van der Waals surface area contributed by atoms with Gasteiger partial charge < -0.3 is 4.42 Å². The molecule has 1 aliphatic carbocycles. The number of benzene rings is 6. The maximum absolute atomic E-state index is 6.15. The Kier molecular flexibility index (Phi) is 5.51. The zero-order valence-electron chi connectivity index (χ0n) is 25.1. The predicted molar refractivity (Wildman–Crippen MR) is 189 cm³/mol. The Hall–Kier alpha value is -6.46. The number of hydrogen-bond donors (Lipinski definition) is 0. The lowest BCUT2D eigenvalue weighted by Crippen LogP contribution is -2.01. The van der Waals surface area contributed by atoms with Crippen LogP contribution in [0.2, 0.25) is 0 Å². The van der Waals surface area contributed by atoms with Gasteiger partial charge in [-0.25, -0.2) is 15.0 Å². The molecule has 0 saturated carbocycles. The second-order valence-corrected chi connectivity index (χ2v) is 11.9. The SMILES string of the molecule is c1ccc(-c2nc(-c3ccc(-c4ccc5c(c4)-c4cccc6cccc-5c46)cc3)nc(-c3nccc4oc5ccccc5c34)n2)cc1. The molecular formula is C42H24N4O. The Bertz CT molecular complexity index is 2670.